The van der Waals surface area contributed by atoms with Crippen LogP contribution in [0.5, 0.6) is 5.75 Å². The molecular formula is C22H29N7O5. The normalized spacial score (nSPS) is 23.1. The van der Waals surface area contributed by atoms with Gasteiger partial charge in [0, 0.05) is 14.1 Å². The van der Waals surface area contributed by atoms with Crippen LogP contribution in [0.4, 0.5) is 5.82 Å². The highest BCUT2D eigenvalue weighted by Gasteiger charge is 2.46. The summed E-state index contributed by atoms with van der Waals surface area (Å²) in [5.41, 5.74) is 7.98. The molecule has 0 spiro atoms. The topological polar surface area (TPSA) is 161 Å². The summed E-state index contributed by atoms with van der Waals surface area (Å²) in [6.07, 6.45) is 0.250. The number of nitrogens with one attached hydrogen (secondary N) is 1. The van der Waals surface area contributed by atoms with Crippen molar-refractivity contribution >= 4 is 22.9 Å². The summed E-state index contributed by atoms with van der Waals surface area (Å²) in [6.45, 7) is -0.406. The van der Waals surface area contributed by atoms with Crippen molar-refractivity contribution in [2.75, 3.05) is 32.7 Å². The Morgan fingerprint density at radius 1 is 1.29 bits per heavy atom. The fraction of sp³-hybridized carbons (Fsp3) is 0.455. The second kappa shape index (κ2) is 9.89. The van der Waals surface area contributed by atoms with Crippen molar-refractivity contribution in [3.63, 3.8) is 0 Å². The predicted octanol–water partition coefficient (Wildman–Crippen LogP) is -0.794. The molecule has 3 aromatic rings. The number of benzene rings is 1. The van der Waals surface area contributed by atoms with Crippen molar-refractivity contribution < 1.29 is 24.5 Å². The maximum atomic E-state index is 12.8. The Kier molecular flexibility index (Phi) is 6.93. The summed E-state index contributed by atoms with van der Waals surface area (Å²) < 4.78 is 12.6. The smallest absolute Gasteiger partial charge is 0.237 e. The molecule has 12 heteroatoms. The highest BCUT2D eigenvalue weighted by atomic mass is 16.5. The summed E-state index contributed by atoms with van der Waals surface area (Å²) in [6, 6.07) is 5.52. The number of hydrogen-bond donors (Lipinski definition) is 4. The molecule has 3 heterocycles. The SMILES string of the molecule is COc1ccc(CC(N)C(=O)N[C@@H]2[C@H](O)[C@@H](n3cnc4c(N(C)C)ncnc43)O[C@H]2CO)cc1. The van der Waals surface area contributed by atoms with Crippen LogP contribution in [-0.4, -0.2) is 87.7 Å². The summed E-state index contributed by atoms with van der Waals surface area (Å²) in [5.74, 6) is 0.861. The lowest BCUT2D eigenvalue weighted by atomic mass is 10.0. The minimum Gasteiger partial charge on any atom is -0.497 e. The zero-order valence-electron chi connectivity index (χ0n) is 19.2. The minimum absolute atomic E-state index is 0.295. The van der Waals surface area contributed by atoms with Crippen molar-refractivity contribution in [3.8, 4) is 5.75 Å². The zero-order valence-corrected chi connectivity index (χ0v) is 19.2. The molecule has 4 rings (SSSR count). The maximum Gasteiger partial charge on any atom is 0.237 e. The zero-order chi connectivity index (χ0) is 24.4. The van der Waals surface area contributed by atoms with Gasteiger partial charge >= 0.3 is 0 Å². The molecule has 1 unspecified atom stereocenters. The monoisotopic (exact) mass is 471 g/mol. The fourth-order valence-corrected chi connectivity index (χ4v) is 4.04. The van der Waals surface area contributed by atoms with E-state index in [4.69, 9.17) is 15.2 Å². The standard InChI is InChI=1S/C22H29N7O5/c1-28(2)19-17-20(25-10-24-19)29(11-26-17)22-18(31)16(15(9-30)34-22)27-21(32)14(23)8-12-4-6-13(33-3)7-5-12/h4-7,10-11,14-16,18,22,30-31H,8-9,23H2,1-3H3,(H,27,32)/t14?,15-,16-,18-,22-/m0/s1. The summed E-state index contributed by atoms with van der Waals surface area (Å²) in [7, 11) is 5.25. The van der Waals surface area contributed by atoms with Gasteiger partial charge in [0.15, 0.2) is 23.2 Å². The van der Waals surface area contributed by atoms with Gasteiger partial charge in [-0.15, -0.1) is 0 Å². The summed E-state index contributed by atoms with van der Waals surface area (Å²) in [5, 5.41) is 23.6. The molecule has 34 heavy (non-hydrogen) atoms. The molecule has 12 nitrogen and oxygen atoms in total. The van der Waals surface area contributed by atoms with Crippen molar-refractivity contribution in [1.82, 2.24) is 24.8 Å². The molecule has 1 aliphatic rings. The number of aliphatic hydroxyl groups excluding tert-OH is 2. The Morgan fingerprint density at radius 2 is 2.03 bits per heavy atom. The highest BCUT2D eigenvalue weighted by Crippen LogP contribution is 2.32. The molecule has 0 bridgehead atoms. The van der Waals surface area contributed by atoms with Crippen molar-refractivity contribution in [2.24, 2.45) is 5.73 Å². The first-order valence-corrected chi connectivity index (χ1v) is 10.8. The Morgan fingerprint density at radius 3 is 2.68 bits per heavy atom. The molecular weight excluding hydrogens is 442 g/mol. The van der Waals surface area contributed by atoms with Crippen LogP contribution in [0.1, 0.15) is 11.8 Å². The van der Waals surface area contributed by atoms with Crippen LogP contribution in [0.3, 0.4) is 0 Å². The first-order chi connectivity index (χ1) is 16.3. The number of imidazole rings is 1. The third kappa shape index (κ3) is 4.53. The van der Waals surface area contributed by atoms with Crippen LogP contribution in [0.2, 0.25) is 0 Å². The quantitative estimate of drug-likeness (QED) is 0.328. The van der Waals surface area contributed by atoms with E-state index >= 15 is 0 Å². The van der Waals surface area contributed by atoms with Crippen LogP contribution in [0, 0.1) is 0 Å². The van der Waals surface area contributed by atoms with E-state index < -0.39 is 43.0 Å². The van der Waals surface area contributed by atoms with Crippen LogP contribution in [0.25, 0.3) is 11.2 Å². The third-order valence-corrected chi connectivity index (χ3v) is 5.85. The van der Waals surface area contributed by atoms with E-state index in [2.05, 4.69) is 20.3 Å². The van der Waals surface area contributed by atoms with Crippen molar-refractivity contribution in [2.45, 2.75) is 36.9 Å². The lowest BCUT2D eigenvalue weighted by Gasteiger charge is -2.23. The Bertz CT molecular complexity index is 1140. The summed E-state index contributed by atoms with van der Waals surface area (Å²) >= 11 is 0. The predicted molar refractivity (Wildman–Crippen MR) is 123 cm³/mol. The molecule has 182 valence electrons. The van der Waals surface area contributed by atoms with E-state index in [0.717, 1.165) is 5.56 Å². The van der Waals surface area contributed by atoms with E-state index in [1.807, 2.05) is 26.2 Å². The number of rotatable bonds is 8. The number of fused-ring (bicyclic) bond motifs is 1. The van der Waals surface area contributed by atoms with E-state index in [0.29, 0.717) is 29.2 Å². The highest BCUT2D eigenvalue weighted by molar-refractivity contribution is 5.83. The molecule has 5 atom stereocenters. The van der Waals surface area contributed by atoms with Gasteiger partial charge in [-0.25, -0.2) is 15.0 Å². The number of carbonyl (C=O) groups excluding carboxylic acids is 1. The van der Waals surface area contributed by atoms with Gasteiger partial charge in [-0.2, -0.15) is 0 Å². The Hall–Kier alpha value is -3.32. The second-order valence-corrected chi connectivity index (χ2v) is 8.35. The number of nitrogens with zero attached hydrogens (tertiary/aromatic N) is 5. The van der Waals surface area contributed by atoms with E-state index in [-0.39, 0.29) is 0 Å². The number of methoxy groups -OCH3 is 1. The van der Waals surface area contributed by atoms with E-state index in [1.54, 1.807) is 28.7 Å². The fourth-order valence-electron chi connectivity index (χ4n) is 4.04. The second-order valence-electron chi connectivity index (χ2n) is 8.35. The van der Waals surface area contributed by atoms with Gasteiger partial charge in [0.2, 0.25) is 5.91 Å². The minimum atomic E-state index is -1.18. The van der Waals surface area contributed by atoms with Gasteiger partial charge in [0.05, 0.1) is 32.1 Å². The van der Waals surface area contributed by atoms with Crippen LogP contribution >= 0.6 is 0 Å². The number of nitrogens with two attached hydrogens (primary N) is 1. The lowest BCUT2D eigenvalue weighted by Crippen LogP contribution is -2.53. The van der Waals surface area contributed by atoms with Crippen LogP contribution in [-0.2, 0) is 16.0 Å². The van der Waals surface area contributed by atoms with Gasteiger partial charge in [-0.1, -0.05) is 12.1 Å². The molecule has 0 saturated carbocycles. The Balaban J connectivity index is 1.49. The molecule has 5 N–H and O–H groups in total. The molecule has 1 saturated heterocycles. The molecule has 1 fully saturated rings. The molecule has 1 amide bonds. The number of anilines is 1. The first-order valence-electron chi connectivity index (χ1n) is 10.8. The van der Waals surface area contributed by atoms with E-state index in [1.165, 1.54) is 12.7 Å². The molecule has 0 radical (unpaired) electrons. The number of hydrogen-bond acceptors (Lipinski definition) is 10. The van der Waals surface area contributed by atoms with Crippen molar-refractivity contribution in [3.05, 3.63) is 42.5 Å². The maximum absolute atomic E-state index is 12.8. The van der Waals surface area contributed by atoms with Crippen LogP contribution < -0.4 is 20.7 Å². The largest absolute Gasteiger partial charge is 0.497 e. The lowest BCUT2D eigenvalue weighted by molar-refractivity contribution is -0.124. The molecule has 1 aromatic carbocycles. The number of aliphatic hydroxyl groups is 2. The van der Waals surface area contributed by atoms with Gasteiger partial charge < -0.3 is 35.6 Å². The number of aromatic nitrogens is 4. The summed E-state index contributed by atoms with van der Waals surface area (Å²) in [4.78, 5) is 27.5. The van der Waals surface area contributed by atoms with Gasteiger partial charge in [0.25, 0.3) is 0 Å². The van der Waals surface area contributed by atoms with Gasteiger partial charge in [0.1, 0.15) is 24.3 Å². The molecule has 1 aliphatic heterocycles. The molecule has 0 aliphatic carbocycles. The first kappa shape index (κ1) is 23.8. The van der Waals surface area contributed by atoms with Crippen LogP contribution in [0.15, 0.2) is 36.9 Å². The molecule has 2 aromatic heterocycles. The number of amides is 1. The average Bonchev–Trinajstić information content (AvgIpc) is 3.40. The average molecular weight is 472 g/mol. The Labute approximate surface area is 196 Å². The third-order valence-electron chi connectivity index (χ3n) is 5.85. The van der Waals surface area contributed by atoms with E-state index in [9.17, 15) is 15.0 Å². The van der Waals surface area contributed by atoms with Crippen molar-refractivity contribution in [1.29, 1.82) is 0 Å². The number of carbonyl (C=O) groups is 1. The number of ether oxygens (including phenoxy) is 2. The van der Waals surface area contributed by atoms with Gasteiger partial charge in [-0.3, -0.25) is 9.36 Å². The van der Waals surface area contributed by atoms with Gasteiger partial charge in [-0.05, 0) is 24.1 Å².